The van der Waals surface area contributed by atoms with Crippen LogP contribution in [0.4, 0.5) is 0 Å². The Morgan fingerprint density at radius 3 is 2.22 bits per heavy atom. The first kappa shape index (κ1) is 11.8. The Morgan fingerprint density at radius 2 is 1.67 bits per heavy atom. The van der Waals surface area contributed by atoms with Crippen molar-refractivity contribution in [2.75, 3.05) is 26.2 Å². The molecule has 0 aromatic heterocycles. The number of hydrogen-bond donors (Lipinski definition) is 3. The summed E-state index contributed by atoms with van der Waals surface area (Å²) in [5.41, 5.74) is 1.05. The van der Waals surface area contributed by atoms with Crippen molar-refractivity contribution >= 4 is 0 Å². The van der Waals surface area contributed by atoms with E-state index in [2.05, 4.69) is 10.2 Å². The van der Waals surface area contributed by atoms with Gasteiger partial charge in [0.1, 0.15) is 11.5 Å². The number of benzene rings is 1. The monoisotopic (exact) mass is 248 g/mol. The quantitative estimate of drug-likeness (QED) is 0.758. The van der Waals surface area contributed by atoms with Crippen molar-refractivity contribution in [3.63, 3.8) is 0 Å². The minimum atomic E-state index is 0.158. The van der Waals surface area contributed by atoms with Gasteiger partial charge in [-0.15, -0.1) is 0 Å². The summed E-state index contributed by atoms with van der Waals surface area (Å²) in [6.45, 7) is 4.12. The SMILES string of the molecule is Oc1cc(O)cc([C@H](C2CC2)N2CCNCC2)c1. The summed E-state index contributed by atoms with van der Waals surface area (Å²) in [4.78, 5) is 2.47. The molecule has 4 heteroatoms. The van der Waals surface area contributed by atoms with Crippen LogP contribution in [0, 0.1) is 5.92 Å². The Hall–Kier alpha value is -1.26. The average Bonchev–Trinajstić information content (AvgIpc) is 3.14. The molecule has 2 fully saturated rings. The van der Waals surface area contributed by atoms with E-state index < -0.39 is 0 Å². The molecular weight excluding hydrogens is 228 g/mol. The molecule has 0 unspecified atom stereocenters. The molecule has 0 amide bonds. The van der Waals surface area contributed by atoms with Gasteiger partial charge in [-0.05, 0) is 36.5 Å². The predicted octanol–water partition coefficient (Wildman–Crippen LogP) is 1.45. The molecule has 3 rings (SSSR count). The molecule has 2 aliphatic rings. The highest BCUT2D eigenvalue weighted by molar-refractivity contribution is 5.38. The van der Waals surface area contributed by atoms with E-state index in [9.17, 15) is 10.2 Å². The van der Waals surface area contributed by atoms with Gasteiger partial charge in [-0.2, -0.15) is 0 Å². The topological polar surface area (TPSA) is 55.7 Å². The lowest BCUT2D eigenvalue weighted by Gasteiger charge is -2.35. The Kier molecular flexibility index (Phi) is 3.14. The van der Waals surface area contributed by atoms with E-state index in [0.717, 1.165) is 31.7 Å². The molecular formula is C14H20N2O2. The number of nitrogens with one attached hydrogen (secondary N) is 1. The second-order valence-electron chi connectivity index (χ2n) is 5.35. The zero-order chi connectivity index (χ0) is 12.5. The smallest absolute Gasteiger partial charge is 0.119 e. The van der Waals surface area contributed by atoms with Crippen molar-refractivity contribution in [1.29, 1.82) is 0 Å². The van der Waals surface area contributed by atoms with E-state index >= 15 is 0 Å². The number of phenols is 2. The van der Waals surface area contributed by atoms with Gasteiger partial charge >= 0.3 is 0 Å². The molecule has 1 saturated heterocycles. The van der Waals surface area contributed by atoms with Gasteiger partial charge in [0.05, 0.1) is 0 Å². The third-order valence-corrected chi connectivity index (χ3v) is 3.88. The summed E-state index contributed by atoms with van der Waals surface area (Å²) < 4.78 is 0. The van der Waals surface area contributed by atoms with Crippen molar-refractivity contribution in [2.45, 2.75) is 18.9 Å². The Morgan fingerprint density at radius 1 is 1.06 bits per heavy atom. The first-order valence-electron chi connectivity index (χ1n) is 6.72. The largest absolute Gasteiger partial charge is 0.508 e. The highest BCUT2D eigenvalue weighted by atomic mass is 16.3. The van der Waals surface area contributed by atoms with Gasteiger partial charge in [0.25, 0.3) is 0 Å². The summed E-state index contributed by atoms with van der Waals surface area (Å²) in [6, 6.07) is 5.34. The number of piperazine rings is 1. The molecule has 0 bridgehead atoms. The van der Waals surface area contributed by atoms with Gasteiger partial charge < -0.3 is 15.5 Å². The third kappa shape index (κ3) is 2.44. The van der Waals surface area contributed by atoms with Crippen LogP contribution < -0.4 is 5.32 Å². The standard InChI is InChI=1S/C14H20N2O2/c17-12-7-11(8-13(18)9-12)14(10-1-2-10)16-5-3-15-4-6-16/h7-10,14-15,17-18H,1-6H2/t14-/m0/s1. The Balaban J connectivity index is 1.88. The van der Waals surface area contributed by atoms with Gasteiger partial charge in [0, 0.05) is 38.3 Å². The lowest BCUT2D eigenvalue weighted by Crippen LogP contribution is -2.45. The van der Waals surface area contributed by atoms with E-state index in [0.29, 0.717) is 12.0 Å². The molecule has 1 saturated carbocycles. The molecule has 0 spiro atoms. The van der Waals surface area contributed by atoms with Crippen molar-refractivity contribution in [3.05, 3.63) is 23.8 Å². The molecule has 0 radical (unpaired) electrons. The summed E-state index contributed by atoms with van der Waals surface area (Å²) in [7, 11) is 0. The fraction of sp³-hybridized carbons (Fsp3) is 0.571. The zero-order valence-corrected chi connectivity index (χ0v) is 10.5. The minimum absolute atomic E-state index is 0.158. The second kappa shape index (κ2) is 4.78. The number of phenolic OH excluding ortho intramolecular Hbond substituents is 2. The van der Waals surface area contributed by atoms with Crippen LogP contribution in [0.2, 0.25) is 0 Å². The van der Waals surface area contributed by atoms with Gasteiger partial charge in [-0.3, -0.25) is 4.90 Å². The summed E-state index contributed by atoms with van der Waals surface area (Å²) >= 11 is 0. The van der Waals surface area contributed by atoms with Crippen LogP contribution in [0.1, 0.15) is 24.4 Å². The van der Waals surface area contributed by atoms with E-state index in [1.807, 2.05) is 0 Å². The van der Waals surface area contributed by atoms with Gasteiger partial charge in [-0.1, -0.05) is 0 Å². The first-order chi connectivity index (χ1) is 8.74. The molecule has 3 N–H and O–H groups in total. The maximum atomic E-state index is 9.65. The van der Waals surface area contributed by atoms with Gasteiger partial charge in [-0.25, -0.2) is 0 Å². The highest BCUT2D eigenvalue weighted by Gasteiger charge is 2.37. The van der Waals surface area contributed by atoms with Crippen LogP contribution in [0.3, 0.4) is 0 Å². The van der Waals surface area contributed by atoms with E-state index in [4.69, 9.17) is 0 Å². The summed E-state index contributed by atoms with van der Waals surface area (Å²) in [6.07, 6.45) is 2.51. The summed E-state index contributed by atoms with van der Waals surface area (Å²) in [5.74, 6) is 1.00. The van der Waals surface area contributed by atoms with E-state index in [1.54, 1.807) is 12.1 Å². The molecule has 98 valence electrons. The third-order valence-electron chi connectivity index (χ3n) is 3.88. The normalized spacial score (nSPS) is 22.9. The van der Waals surface area contributed by atoms with Crippen LogP contribution in [-0.2, 0) is 0 Å². The first-order valence-corrected chi connectivity index (χ1v) is 6.72. The van der Waals surface area contributed by atoms with Crippen molar-refractivity contribution in [1.82, 2.24) is 10.2 Å². The van der Waals surface area contributed by atoms with E-state index in [1.165, 1.54) is 18.9 Å². The second-order valence-corrected chi connectivity index (χ2v) is 5.35. The van der Waals surface area contributed by atoms with E-state index in [-0.39, 0.29) is 11.5 Å². The Labute approximate surface area is 107 Å². The minimum Gasteiger partial charge on any atom is -0.508 e. The van der Waals surface area contributed by atoms with Crippen LogP contribution in [0.15, 0.2) is 18.2 Å². The van der Waals surface area contributed by atoms with Gasteiger partial charge in [0.15, 0.2) is 0 Å². The van der Waals surface area contributed by atoms with Gasteiger partial charge in [0.2, 0.25) is 0 Å². The lowest BCUT2D eigenvalue weighted by atomic mass is 9.99. The Bertz CT molecular complexity index is 406. The molecule has 1 atom stereocenters. The molecule has 1 heterocycles. The number of hydrogen-bond acceptors (Lipinski definition) is 4. The predicted molar refractivity (Wildman–Crippen MR) is 69.7 cm³/mol. The molecule has 1 aliphatic carbocycles. The highest BCUT2D eigenvalue weighted by Crippen LogP contribution is 2.45. The molecule has 4 nitrogen and oxygen atoms in total. The molecule has 1 aromatic rings. The zero-order valence-electron chi connectivity index (χ0n) is 10.5. The average molecular weight is 248 g/mol. The van der Waals surface area contributed by atoms with Crippen LogP contribution in [-0.4, -0.2) is 41.3 Å². The summed E-state index contributed by atoms with van der Waals surface area (Å²) in [5, 5.41) is 22.7. The van der Waals surface area contributed by atoms with Crippen LogP contribution >= 0.6 is 0 Å². The van der Waals surface area contributed by atoms with Crippen molar-refractivity contribution in [2.24, 2.45) is 5.92 Å². The van der Waals surface area contributed by atoms with Crippen LogP contribution in [0.5, 0.6) is 11.5 Å². The van der Waals surface area contributed by atoms with Crippen molar-refractivity contribution < 1.29 is 10.2 Å². The fourth-order valence-electron chi connectivity index (χ4n) is 2.94. The molecule has 18 heavy (non-hydrogen) atoms. The molecule has 1 aliphatic heterocycles. The lowest BCUT2D eigenvalue weighted by molar-refractivity contribution is 0.156. The number of nitrogens with zero attached hydrogens (tertiary/aromatic N) is 1. The molecule has 1 aromatic carbocycles. The maximum Gasteiger partial charge on any atom is 0.119 e. The number of rotatable bonds is 3. The maximum absolute atomic E-state index is 9.65. The van der Waals surface area contributed by atoms with Crippen LogP contribution in [0.25, 0.3) is 0 Å². The van der Waals surface area contributed by atoms with Crippen molar-refractivity contribution in [3.8, 4) is 11.5 Å². The fourth-order valence-corrected chi connectivity index (χ4v) is 2.94. The number of aromatic hydroxyl groups is 2.